The van der Waals surface area contributed by atoms with Gasteiger partial charge in [0.25, 0.3) is 0 Å². The van der Waals surface area contributed by atoms with Crippen molar-refractivity contribution in [3.8, 4) is 0 Å². The molecule has 0 radical (unpaired) electrons. The molecular formula is C13H20N4O3. The lowest BCUT2D eigenvalue weighted by Crippen LogP contribution is -2.40. The molecule has 1 amide bonds. The summed E-state index contributed by atoms with van der Waals surface area (Å²) in [5.74, 6) is 0.0851. The maximum Gasteiger partial charge on any atom is 0.327 e. The predicted octanol–water partition coefficient (Wildman–Crippen LogP) is 0.383. The highest BCUT2D eigenvalue weighted by Gasteiger charge is 2.25. The minimum Gasteiger partial charge on any atom is -0.468 e. The smallest absolute Gasteiger partial charge is 0.327 e. The van der Waals surface area contributed by atoms with Crippen molar-refractivity contribution in [1.29, 1.82) is 0 Å². The van der Waals surface area contributed by atoms with Gasteiger partial charge >= 0.3 is 5.97 Å². The fourth-order valence-corrected chi connectivity index (χ4v) is 2.31. The summed E-state index contributed by atoms with van der Waals surface area (Å²) < 4.78 is 5.99. The first-order chi connectivity index (χ1) is 9.58. The summed E-state index contributed by atoms with van der Waals surface area (Å²) in [5, 5.41) is 10.2. The molecule has 7 heteroatoms. The number of carbonyl (C=O) groups excluding carboxylic acids is 2. The Morgan fingerprint density at radius 3 is 3.10 bits per heavy atom. The summed E-state index contributed by atoms with van der Waals surface area (Å²) in [7, 11) is 1.33. The number of nitrogens with zero attached hydrogens (tertiary/aromatic N) is 2. The summed E-state index contributed by atoms with van der Waals surface area (Å²) in [5.41, 5.74) is 0. The maximum atomic E-state index is 12.1. The maximum absolute atomic E-state index is 12.1. The Labute approximate surface area is 117 Å². The van der Waals surface area contributed by atoms with E-state index in [1.807, 2.05) is 0 Å². The van der Waals surface area contributed by atoms with Crippen LogP contribution >= 0.6 is 0 Å². The van der Waals surface area contributed by atoms with Gasteiger partial charge in [-0.25, -0.2) is 0 Å². The first-order valence-electron chi connectivity index (χ1n) is 6.73. The Hall–Kier alpha value is -1.89. The van der Waals surface area contributed by atoms with E-state index in [-0.39, 0.29) is 24.3 Å². The number of anilines is 1. The third kappa shape index (κ3) is 3.80. The summed E-state index contributed by atoms with van der Waals surface area (Å²) in [6.45, 7) is 2.97. The van der Waals surface area contributed by atoms with Crippen LogP contribution in [-0.2, 0) is 20.9 Å². The lowest BCUT2D eigenvalue weighted by atomic mass is 9.92. The van der Waals surface area contributed by atoms with Crippen LogP contribution < -0.4 is 10.6 Å². The fourth-order valence-electron chi connectivity index (χ4n) is 2.31. The van der Waals surface area contributed by atoms with Gasteiger partial charge in [0.2, 0.25) is 5.91 Å². The summed E-state index contributed by atoms with van der Waals surface area (Å²) >= 11 is 0. The third-order valence-corrected chi connectivity index (χ3v) is 3.41. The molecule has 2 heterocycles. The first-order valence-corrected chi connectivity index (χ1v) is 6.73. The van der Waals surface area contributed by atoms with Crippen molar-refractivity contribution >= 4 is 17.7 Å². The highest BCUT2D eigenvalue weighted by molar-refractivity contribution is 5.91. The topological polar surface area (TPSA) is 85.2 Å². The molecule has 1 aromatic heterocycles. The molecule has 2 rings (SSSR count). The van der Waals surface area contributed by atoms with E-state index in [9.17, 15) is 9.59 Å². The number of aromatic nitrogens is 2. The van der Waals surface area contributed by atoms with Gasteiger partial charge in [0.1, 0.15) is 6.54 Å². The van der Waals surface area contributed by atoms with Gasteiger partial charge < -0.3 is 15.4 Å². The van der Waals surface area contributed by atoms with E-state index in [0.717, 1.165) is 19.4 Å². The highest BCUT2D eigenvalue weighted by Crippen LogP contribution is 2.18. The lowest BCUT2D eigenvalue weighted by molar-refractivity contribution is -0.141. The minimum atomic E-state index is -0.377. The molecule has 7 nitrogen and oxygen atoms in total. The highest BCUT2D eigenvalue weighted by atomic mass is 16.5. The van der Waals surface area contributed by atoms with Gasteiger partial charge in [-0.15, -0.1) is 0 Å². The molecule has 2 N–H and O–H groups in total. The van der Waals surface area contributed by atoms with Crippen LogP contribution in [0.2, 0.25) is 0 Å². The number of amides is 1. The molecule has 1 fully saturated rings. The quantitative estimate of drug-likeness (QED) is 0.779. The monoisotopic (exact) mass is 280 g/mol. The second-order valence-electron chi connectivity index (χ2n) is 5.04. The number of ether oxygens (including phenoxy) is 1. The van der Waals surface area contributed by atoms with Crippen LogP contribution in [-0.4, -0.2) is 41.4 Å². The third-order valence-electron chi connectivity index (χ3n) is 3.41. The largest absolute Gasteiger partial charge is 0.468 e. The Kier molecular flexibility index (Phi) is 4.73. The number of nitrogens with one attached hydrogen (secondary N) is 2. The van der Waals surface area contributed by atoms with Crippen LogP contribution in [0.5, 0.6) is 0 Å². The van der Waals surface area contributed by atoms with E-state index in [4.69, 9.17) is 0 Å². The molecule has 1 saturated heterocycles. The standard InChI is InChI=1S/C13H20N4O3/c1-9-7-10(3-5-14-9)13(19)15-11-4-6-17(16-11)8-12(18)20-2/h4,6,9-10,14H,3,5,7-8H2,1-2H3,(H,15,16,19)/t9-,10-/m0/s1. The molecule has 0 spiro atoms. The lowest BCUT2D eigenvalue weighted by Gasteiger charge is -2.26. The molecule has 1 aliphatic rings. The Balaban J connectivity index is 1.89. The van der Waals surface area contributed by atoms with Crippen LogP contribution in [0.4, 0.5) is 5.82 Å². The molecular weight excluding hydrogens is 260 g/mol. The molecule has 110 valence electrons. The van der Waals surface area contributed by atoms with Crippen molar-refractivity contribution < 1.29 is 14.3 Å². The molecule has 1 aromatic rings. The van der Waals surface area contributed by atoms with Gasteiger partial charge in [-0.05, 0) is 26.3 Å². The van der Waals surface area contributed by atoms with E-state index in [1.165, 1.54) is 11.8 Å². The molecule has 2 atom stereocenters. The summed E-state index contributed by atoms with van der Waals surface area (Å²) in [4.78, 5) is 23.2. The minimum absolute atomic E-state index is 0.0111. The molecule has 0 bridgehead atoms. The van der Waals surface area contributed by atoms with Gasteiger partial charge in [0.15, 0.2) is 5.82 Å². The van der Waals surface area contributed by atoms with Crippen molar-refractivity contribution in [3.05, 3.63) is 12.3 Å². The number of piperidine rings is 1. The predicted molar refractivity (Wildman–Crippen MR) is 73.1 cm³/mol. The zero-order valence-corrected chi connectivity index (χ0v) is 11.8. The SMILES string of the molecule is COC(=O)Cn1ccc(NC(=O)[C@H]2CCN[C@@H](C)C2)n1. The molecule has 20 heavy (non-hydrogen) atoms. The van der Waals surface area contributed by atoms with E-state index in [1.54, 1.807) is 12.3 Å². The zero-order chi connectivity index (χ0) is 14.5. The van der Waals surface area contributed by atoms with Gasteiger partial charge in [-0.1, -0.05) is 0 Å². The van der Waals surface area contributed by atoms with E-state index in [0.29, 0.717) is 11.9 Å². The molecule has 0 aromatic carbocycles. The number of hydrogen-bond donors (Lipinski definition) is 2. The second-order valence-corrected chi connectivity index (χ2v) is 5.04. The van der Waals surface area contributed by atoms with Crippen LogP contribution in [0.25, 0.3) is 0 Å². The van der Waals surface area contributed by atoms with Crippen LogP contribution in [0.1, 0.15) is 19.8 Å². The van der Waals surface area contributed by atoms with Crippen molar-refractivity contribution in [2.75, 3.05) is 19.0 Å². The number of hydrogen-bond acceptors (Lipinski definition) is 5. The normalized spacial score (nSPS) is 22.3. The zero-order valence-electron chi connectivity index (χ0n) is 11.8. The second kappa shape index (κ2) is 6.51. The van der Waals surface area contributed by atoms with Gasteiger partial charge in [0.05, 0.1) is 7.11 Å². The first kappa shape index (κ1) is 14.5. The fraction of sp³-hybridized carbons (Fsp3) is 0.615. The molecule has 1 aliphatic heterocycles. The summed E-state index contributed by atoms with van der Waals surface area (Å²) in [6.07, 6.45) is 3.30. The van der Waals surface area contributed by atoms with Gasteiger partial charge in [-0.3, -0.25) is 14.3 Å². The van der Waals surface area contributed by atoms with Crippen molar-refractivity contribution in [2.24, 2.45) is 5.92 Å². The van der Waals surface area contributed by atoms with Crippen molar-refractivity contribution in [3.63, 3.8) is 0 Å². The average Bonchev–Trinajstić information content (AvgIpc) is 2.85. The number of methoxy groups -OCH3 is 1. The number of carbonyl (C=O) groups is 2. The number of rotatable bonds is 4. The van der Waals surface area contributed by atoms with Crippen molar-refractivity contribution in [2.45, 2.75) is 32.4 Å². The Morgan fingerprint density at radius 1 is 1.60 bits per heavy atom. The van der Waals surface area contributed by atoms with Crippen LogP contribution in [0.3, 0.4) is 0 Å². The molecule has 0 saturated carbocycles. The van der Waals surface area contributed by atoms with E-state index < -0.39 is 0 Å². The Bertz CT molecular complexity index is 486. The molecule has 0 unspecified atom stereocenters. The Morgan fingerprint density at radius 2 is 2.40 bits per heavy atom. The summed E-state index contributed by atoms with van der Waals surface area (Å²) in [6, 6.07) is 2.03. The van der Waals surface area contributed by atoms with Crippen LogP contribution in [0.15, 0.2) is 12.3 Å². The van der Waals surface area contributed by atoms with E-state index in [2.05, 4.69) is 27.4 Å². The van der Waals surface area contributed by atoms with Crippen LogP contribution in [0, 0.1) is 5.92 Å². The van der Waals surface area contributed by atoms with Gasteiger partial charge in [-0.2, -0.15) is 5.10 Å². The van der Waals surface area contributed by atoms with Crippen molar-refractivity contribution in [1.82, 2.24) is 15.1 Å². The van der Waals surface area contributed by atoms with Gasteiger partial charge in [0, 0.05) is 24.2 Å². The molecule has 0 aliphatic carbocycles. The average molecular weight is 280 g/mol. The van der Waals surface area contributed by atoms with E-state index >= 15 is 0 Å². The number of esters is 1.